The number of anilines is 1. The third-order valence-electron chi connectivity index (χ3n) is 1.61. The maximum Gasteiger partial charge on any atom is 0.120 e. The summed E-state index contributed by atoms with van der Waals surface area (Å²) in [6.07, 6.45) is 0. The number of hydrogen-bond donors (Lipinski definition) is 2. The highest BCUT2D eigenvalue weighted by atomic mass is 32.2. The maximum absolute atomic E-state index is 8.02. The lowest BCUT2D eigenvalue weighted by Gasteiger charge is -2.08. The molecule has 0 saturated heterocycles. The van der Waals surface area contributed by atoms with Crippen LogP contribution in [0.4, 0.5) is 5.69 Å². The molecule has 0 atom stereocenters. The molecule has 1 aromatic carbocycles. The summed E-state index contributed by atoms with van der Waals surface area (Å²) in [5.41, 5.74) is 0.854. The van der Waals surface area contributed by atoms with Crippen molar-refractivity contribution in [3.63, 3.8) is 0 Å². The van der Waals surface area contributed by atoms with Crippen molar-refractivity contribution in [3.05, 3.63) is 18.2 Å². The van der Waals surface area contributed by atoms with Crippen LogP contribution in [0.3, 0.4) is 0 Å². The van der Waals surface area contributed by atoms with E-state index in [1.165, 1.54) is 0 Å². The fourth-order valence-electron chi connectivity index (χ4n) is 0.957. The van der Waals surface area contributed by atoms with Crippen LogP contribution in [0.25, 0.3) is 0 Å². The van der Waals surface area contributed by atoms with Crippen molar-refractivity contribution >= 4 is 17.7 Å². The molecular formula is C8H11NO4S. The van der Waals surface area contributed by atoms with Gasteiger partial charge in [-0.1, -0.05) is 5.04 Å². The van der Waals surface area contributed by atoms with Crippen LogP contribution in [0.1, 0.15) is 0 Å². The lowest BCUT2D eigenvalue weighted by atomic mass is 10.3. The molecule has 0 aliphatic rings. The minimum absolute atomic E-state index is 0.702. The molecule has 0 fully saturated rings. The van der Waals surface area contributed by atoms with Gasteiger partial charge in [-0.3, -0.25) is 0 Å². The standard InChI is InChI=1S/C8H11NO4S/c1-9-7-4-3-6(11-2)5-8(7)14-13-12-10/h3-5,9-10H,1-2H3. The highest BCUT2D eigenvalue weighted by Gasteiger charge is 2.05. The van der Waals surface area contributed by atoms with Crippen LogP contribution < -0.4 is 10.1 Å². The molecule has 2 N–H and O–H groups in total. The Balaban J connectivity index is 2.84. The molecule has 0 aliphatic heterocycles. The topological polar surface area (TPSA) is 60.0 Å². The zero-order valence-electron chi connectivity index (χ0n) is 7.81. The van der Waals surface area contributed by atoms with E-state index in [4.69, 9.17) is 9.99 Å². The lowest BCUT2D eigenvalue weighted by molar-refractivity contribution is -0.432. The Morgan fingerprint density at radius 3 is 2.79 bits per heavy atom. The largest absolute Gasteiger partial charge is 0.497 e. The normalized spacial score (nSPS) is 9.93. The second-order valence-electron chi connectivity index (χ2n) is 2.34. The Labute approximate surface area is 86.0 Å². The van der Waals surface area contributed by atoms with Crippen molar-refractivity contribution in [2.24, 2.45) is 0 Å². The van der Waals surface area contributed by atoms with Gasteiger partial charge in [0.05, 0.1) is 29.7 Å². The second-order valence-corrected chi connectivity index (χ2v) is 3.08. The average molecular weight is 217 g/mol. The van der Waals surface area contributed by atoms with Crippen molar-refractivity contribution < 1.29 is 19.4 Å². The summed E-state index contributed by atoms with van der Waals surface area (Å²) in [5, 5.41) is 14.5. The van der Waals surface area contributed by atoms with E-state index in [0.29, 0.717) is 5.75 Å². The van der Waals surface area contributed by atoms with E-state index in [2.05, 4.69) is 14.7 Å². The van der Waals surface area contributed by atoms with Gasteiger partial charge in [0.1, 0.15) is 5.75 Å². The number of ether oxygens (including phenoxy) is 1. The predicted octanol–water partition coefficient (Wildman–Crippen LogP) is 2.17. The number of benzene rings is 1. The molecule has 0 unspecified atom stereocenters. The zero-order chi connectivity index (χ0) is 10.4. The fourth-order valence-corrected chi connectivity index (χ4v) is 1.48. The molecule has 5 nitrogen and oxygen atoms in total. The Hall–Kier alpha value is -0.950. The molecule has 14 heavy (non-hydrogen) atoms. The summed E-state index contributed by atoms with van der Waals surface area (Å²) < 4.78 is 9.37. The van der Waals surface area contributed by atoms with Gasteiger partial charge >= 0.3 is 0 Å². The van der Waals surface area contributed by atoms with Crippen LogP contribution in [0.15, 0.2) is 23.1 Å². The van der Waals surface area contributed by atoms with Crippen molar-refractivity contribution in [3.8, 4) is 5.75 Å². The van der Waals surface area contributed by atoms with E-state index in [-0.39, 0.29) is 0 Å². The van der Waals surface area contributed by atoms with Gasteiger partial charge in [-0.2, -0.15) is 0 Å². The molecule has 0 heterocycles. The maximum atomic E-state index is 8.02. The van der Waals surface area contributed by atoms with Crippen LogP contribution in [-0.4, -0.2) is 19.4 Å². The molecule has 0 aromatic heterocycles. The highest BCUT2D eigenvalue weighted by molar-refractivity contribution is 7.94. The molecule has 0 aliphatic carbocycles. The van der Waals surface area contributed by atoms with Crippen molar-refractivity contribution in [1.82, 2.24) is 0 Å². The Morgan fingerprint density at radius 2 is 2.21 bits per heavy atom. The van der Waals surface area contributed by atoms with Crippen LogP contribution >= 0.6 is 12.0 Å². The number of rotatable bonds is 5. The first-order valence-electron chi connectivity index (χ1n) is 3.82. The van der Waals surface area contributed by atoms with E-state index in [9.17, 15) is 0 Å². The Bertz CT molecular complexity index is 295. The summed E-state index contributed by atoms with van der Waals surface area (Å²) in [6.45, 7) is 0. The van der Waals surface area contributed by atoms with Gasteiger partial charge in [-0.25, -0.2) is 5.26 Å². The highest BCUT2D eigenvalue weighted by Crippen LogP contribution is 2.31. The van der Waals surface area contributed by atoms with Crippen LogP contribution in [0, 0.1) is 0 Å². The van der Waals surface area contributed by atoms with E-state index in [1.54, 1.807) is 20.2 Å². The monoisotopic (exact) mass is 217 g/mol. The zero-order valence-corrected chi connectivity index (χ0v) is 8.63. The molecule has 1 aromatic rings. The van der Waals surface area contributed by atoms with Crippen molar-refractivity contribution in [2.75, 3.05) is 19.5 Å². The van der Waals surface area contributed by atoms with Crippen LogP contribution in [-0.2, 0) is 9.37 Å². The fraction of sp³-hybridized carbons (Fsp3) is 0.250. The third-order valence-corrected chi connectivity index (χ3v) is 2.26. The summed E-state index contributed by atoms with van der Waals surface area (Å²) in [7, 11) is 3.36. The molecule has 6 heteroatoms. The quantitative estimate of drug-likeness (QED) is 0.448. The number of nitrogens with one attached hydrogen (secondary N) is 1. The summed E-state index contributed by atoms with van der Waals surface area (Å²) in [5.74, 6) is 0.702. The number of hydrogen-bond acceptors (Lipinski definition) is 6. The van der Waals surface area contributed by atoms with Gasteiger partial charge in [0.2, 0.25) is 0 Å². The van der Waals surface area contributed by atoms with Gasteiger partial charge in [0.15, 0.2) is 0 Å². The molecule has 0 spiro atoms. The average Bonchev–Trinajstić information content (AvgIpc) is 2.25. The first kappa shape index (κ1) is 11.1. The van der Waals surface area contributed by atoms with E-state index < -0.39 is 0 Å². The second kappa shape index (κ2) is 5.71. The smallest absolute Gasteiger partial charge is 0.120 e. The molecule has 78 valence electrons. The molecule has 0 amide bonds. The van der Waals surface area contributed by atoms with Gasteiger partial charge in [0, 0.05) is 7.05 Å². The van der Waals surface area contributed by atoms with Gasteiger partial charge < -0.3 is 10.1 Å². The third kappa shape index (κ3) is 2.78. The van der Waals surface area contributed by atoms with Gasteiger partial charge in [-0.05, 0) is 18.2 Å². The van der Waals surface area contributed by atoms with Crippen molar-refractivity contribution in [2.45, 2.75) is 4.90 Å². The van der Waals surface area contributed by atoms with E-state index in [0.717, 1.165) is 22.6 Å². The molecule has 0 radical (unpaired) electrons. The summed E-state index contributed by atoms with van der Waals surface area (Å²) >= 11 is 0.886. The first-order chi connectivity index (χ1) is 6.81. The number of methoxy groups -OCH3 is 1. The predicted molar refractivity (Wildman–Crippen MR) is 53.2 cm³/mol. The van der Waals surface area contributed by atoms with Crippen LogP contribution in [0.5, 0.6) is 5.75 Å². The van der Waals surface area contributed by atoms with Gasteiger partial charge in [-0.15, -0.1) is 4.33 Å². The Kier molecular flexibility index (Phi) is 4.54. The first-order valence-corrected chi connectivity index (χ1v) is 4.56. The SMILES string of the molecule is CNc1ccc(OC)cc1SOOO. The summed E-state index contributed by atoms with van der Waals surface area (Å²) in [4.78, 5) is 0.751. The summed E-state index contributed by atoms with van der Waals surface area (Å²) in [6, 6.07) is 5.41. The lowest BCUT2D eigenvalue weighted by Crippen LogP contribution is -1.92. The minimum atomic E-state index is 0.702. The minimum Gasteiger partial charge on any atom is -0.497 e. The van der Waals surface area contributed by atoms with Crippen molar-refractivity contribution in [1.29, 1.82) is 0 Å². The molecule has 0 saturated carbocycles. The van der Waals surface area contributed by atoms with E-state index in [1.807, 2.05) is 12.1 Å². The Morgan fingerprint density at radius 1 is 1.43 bits per heavy atom. The molecular weight excluding hydrogens is 206 g/mol. The van der Waals surface area contributed by atoms with E-state index >= 15 is 0 Å². The van der Waals surface area contributed by atoms with Crippen LogP contribution in [0.2, 0.25) is 0 Å². The molecule has 0 bridgehead atoms. The van der Waals surface area contributed by atoms with Gasteiger partial charge in [0.25, 0.3) is 0 Å². The molecule has 1 rings (SSSR count).